The third-order valence-electron chi connectivity index (χ3n) is 2.62. The third-order valence-corrected chi connectivity index (χ3v) is 5.13. The molecule has 1 unspecified atom stereocenters. The molecule has 1 aromatic rings. The van der Waals surface area contributed by atoms with E-state index in [1.165, 1.54) is 0 Å². The van der Waals surface area contributed by atoms with Gasteiger partial charge in [-0.25, -0.2) is 0 Å². The van der Waals surface area contributed by atoms with Crippen molar-refractivity contribution in [1.29, 1.82) is 0 Å². The van der Waals surface area contributed by atoms with Crippen molar-refractivity contribution in [3.8, 4) is 5.75 Å². The van der Waals surface area contributed by atoms with Crippen LogP contribution in [-0.4, -0.2) is 43.7 Å². The van der Waals surface area contributed by atoms with E-state index in [4.69, 9.17) is 9.47 Å². The standard InChI is InChI=1S/C13H16NO5.Hg.Na.H2O/c1-9(18-2)7-14-13(17)10-5-3-4-6-11(10)19-8-12(15)16;;;/h3-6,9H,1,7-8H2,2H3,(H,14,17)(H,15,16);;;1H2/q;;+1;/p-1. The third kappa shape index (κ3) is 8.45. The molecular weight excluding hydrogens is 490 g/mol. The summed E-state index contributed by atoms with van der Waals surface area (Å²) in [6.45, 7) is -0.165. The van der Waals surface area contributed by atoms with Crippen LogP contribution in [0.4, 0.5) is 0 Å². The largest absolute Gasteiger partial charge is 1.00 e. The second-order valence-electron chi connectivity index (χ2n) is 4.01. The molecule has 1 amide bonds. The number of ether oxygens (including phenoxy) is 2. The van der Waals surface area contributed by atoms with Crippen molar-refractivity contribution < 1.29 is 85.3 Å². The van der Waals surface area contributed by atoms with E-state index in [9.17, 15) is 14.7 Å². The van der Waals surface area contributed by atoms with Gasteiger partial charge in [0, 0.05) is 0 Å². The van der Waals surface area contributed by atoms with Crippen molar-refractivity contribution >= 4 is 11.9 Å². The fourth-order valence-corrected chi connectivity index (χ4v) is 3.23. The van der Waals surface area contributed by atoms with Gasteiger partial charge in [0.2, 0.25) is 0 Å². The quantitative estimate of drug-likeness (QED) is 0.358. The second kappa shape index (κ2) is 13.3. The van der Waals surface area contributed by atoms with Crippen molar-refractivity contribution in [3.05, 3.63) is 29.8 Å². The van der Waals surface area contributed by atoms with Crippen LogP contribution in [0.5, 0.6) is 5.75 Å². The van der Waals surface area contributed by atoms with Crippen LogP contribution in [0.2, 0.25) is 3.93 Å². The fourth-order valence-electron chi connectivity index (χ4n) is 1.52. The van der Waals surface area contributed by atoms with Gasteiger partial charge in [0.05, 0.1) is 0 Å². The molecule has 0 aromatic heterocycles. The average Bonchev–Trinajstić information content (AvgIpc) is 2.46. The number of hydrogen-bond donors (Lipinski definition) is 1. The number of aliphatic carboxylic acids is 1. The Kier molecular flexibility index (Phi) is 14.5. The monoisotopic (exact) mass is 508 g/mol. The van der Waals surface area contributed by atoms with Gasteiger partial charge in [0.25, 0.3) is 0 Å². The summed E-state index contributed by atoms with van der Waals surface area (Å²) in [5.74, 6) is -1.43. The van der Waals surface area contributed by atoms with E-state index in [1.54, 1.807) is 31.4 Å². The van der Waals surface area contributed by atoms with Crippen LogP contribution in [0.1, 0.15) is 10.4 Å². The smallest absolute Gasteiger partial charge is 0.412 e. The Labute approximate surface area is 167 Å². The Morgan fingerprint density at radius 3 is 2.55 bits per heavy atom. The second-order valence-corrected chi connectivity index (χ2v) is 6.26. The van der Waals surface area contributed by atoms with Gasteiger partial charge in [0.15, 0.2) is 0 Å². The maximum Gasteiger partial charge on any atom is 1.00 e. The molecule has 22 heavy (non-hydrogen) atoms. The zero-order valence-corrected chi connectivity index (χ0v) is 20.3. The first-order valence-corrected chi connectivity index (χ1v) is 9.99. The molecule has 0 fully saturated rings. The Hall–Kier alpha value is -0.185. The number of para-hydroxylation sites is 1. The molecule has 0 aliphatic rings. The van der Waals surface area contributed by atoms with Gasteiger partial charge in [0.1, 0.15) is 0 Å². The predicted octanol–water partition coefficient (Wildman–Crippen LogP) is -4.30. The van der Waals surface area contributed by atoms with E-state index in [1.807, 2.05) is 0 Å². The number of carboxylic acid groups (broad SMARTS) is 1. The molecule has 113 valence electrons. The number of nitrogens with one attached hydrogen (secondary N) is 1. The molecule has 0 radical (unpaired) electrons. The van der Waals surface area contributed by atoms with Crippen molar-refractivity contribution in [1.82, 2.24) is 5.32 Å². The number of benzene rings is 1. The van der Waals surface area contributed by atoms with Crippen LogP contribution in [0, 0.1) is 0 Å². The topological polar surface area (TPSA) is 119 Å². The van der Waals surface area contributed by atoms with E-state index >= 15 is 0 Å². The summed E-state index contributed by atoms with van der Waals surface area (Å²) >= 11 is 0.598. The van der Waals surface area contributed by atoms with Crippen molar-refractivity contribution in [2.75, 3.05) is 20.3 Å². The van der Waals surface area contributed by atoms with Gasteiger partial charge in [-0.3, -0.25) is 0 Å². The molecule has 9 heteroatoms. The van der Waals surface area contributed by atoms with Crippen LogP contribution < -0.4 is 44.7 Å². The summed E-state index contributed by atoms with van der Waals surface area (Å²) in [7, 11) is 1.61. The molecule has 1 atom stereocenters. The molecular formula is C13H17HgNNaO6. The molecule has 1 rings (SSSR count). The number of rotatable bonds is 8. The van der Waals surface area contributed by atoms with Crippen molar-refractivity contribution in [2.45, 2.75) is 10.0 Å². The van der Waals surface area contributed by atoms with Gasteiger partial charge >= 0.3 is 163 Å². The molecule has 1 aromatic carbocycles. The molecule has 0 spiro atoms. The molecule has 3 N–H and O–H groups in total. The first-order chi connectivity index (χ1) is 9.58. The van der Waals surface area contributed by atoms with Crippen LogP contribution in [0.15, 0.2) is 24.3 Å². The minimum atomic E-state index is -1.34. The number of carboxylic acids is 1. The molecule has 0 heterocycles. The van der Waals surface area contributed by atoms with E-state index in [2.05, 4.69) is 5.32 Å². The minimum Gasteiger partial charge on any atom is -0.412 e. The SMILES string of the molecule is COC([CH2][Hg])CNC(=O)c1ccccc1OCC(=O)[O-].O.[Na+]. The summed E-state index contributed by atoms with van der Waals surface area (Å²) in [5, 5.41) is 13.2. The van der Waals surface area contributed by atoms with E-state index in [0.717, 1.165) is 3.93 Å². The van der Waals surface area contributed by atoms with Gasteiger partial charge in [-0.1, -0.05) is 0 Å². The average molecular weight is 507 g/mol. The Bertz CT molecular complexity index is 470. The summed E-state index contributed by atoms with van der Waals surface area (Å²) in [6, 6.07) is 6.47. The number of carbonyl (C=O) groups excluding carboxylic acids is 2. The molecule has 0 bridgehead atoms. The predicted molar refractivity (Wildman–Crippen MR) is 68.5 cm³/mol. The van der Waals surface area contributed by atoms with E-state index in [-0.39, 0.29) is 52.8 Å². The zero-order valence-electron chi connectivity index (χ0n) is 12.8. The van der Waals surface area contributed by atoms with Crippen molar-refractivity contribution in [3.63, 3.8) is 0 Å². The Balaban J connectivity index is 0. The zero-order chi connectivity index (χ0) is 15.0. The number of methoxy groups -OCH3 is 1. The molecule has 0 saturated carbocycles. The van der Waals surface area contributed by atoms with E-state index in [0.29, 0.717) is 38.2 Å². The van der Waals surface area contributed by atoms with Crippen LogP contribution in [0.3, 0.4) is 0 Å². The molecule has 0 aliphatic heterocycles. The normalized spacial score (nSPS) is 10.7. The summed E-state index contributed by atoms with van der Waals surface area (Å²) in [6.07, 6.45) is 0.0265. The van der Waals surface area contributed by atoms with Gasteiger partial charge in [-0.2, -0.15) is 0 Å². The summed E-state index contributed by atoms with van der Waals surface area (Å²) in [5.41, 5.74) is 0.293. The van der Waals surface area contributed by atoms with E-state index < -0.39 is 12.6 Å². The first-order valence-electron chi connectivity index (χ1n) is 6.10. The van der Waals surface area contributed by atoms with Crippen LogP contribution in [0.25, 0.3) is 0 Å². The van der Waals surface area contributed by atoms with Gasteiger partial charge in [-0.05, 0) is 0 Å². The number of amides is 1. The van der Waals surface area contributed by atoms with Crippen LogP contribution >= 0.6 is 0 Å². The molecule has 7 nitrogen and oxygen atoms in total. The molecule has 0 saturated heterocycles. The number of carbonyl (C=O) groups is 2. The maximum atomic E-state index is 12.1. The Morgan fingerprint density at radius 1 is 1.36 bits per heavy atom. The van der Waals surface area contributed by atoms with Gasteiger partial charge < -0.3 is 5.48 Å². The fraction of sp³-hybridized carbons (Fsp3) is 0.385. The number of hydrogen-bond acceptors (Lipinski definition) is 5. The van der Waals surface area contributed by atoms with Crippen LogP contribution in [-0.2, 0) is 35.7 Å². The van der Waals surface area contributed by atoms with Crippen molar-refractivity contribution in [2.24, 2.45) is 0 Å². The molecule has 0 aliphatic carbocycles. The van der Waals surface area contributed by atoms with Gasteiger partial charge in [-0.15, -0.1) is 0 Å². The first kappa shape index (κ1) is 24.1. The Morgan fingerprint density at radius 2 is 2.00 bits per heavy atom. The maximum absolute atomic E-state index is 12.1. The summed E-state index contributed by atoms with van der Waals surface area (Å²) in [4.78, 5) is 22.5. The summed E-state index contributed by atoms with van der Waals surface area (Å²) < 4.78 is 11.2. The minimum absolute atomic E-state index is 0.